The zero-order valence-electron chi connectivity index (χ0n) is 17.9. The highest BCUT2D eigenvalue weighted by atomic mass is 31.2. The molecule has 3 N–H and O–H groups in total. The zero-order valence-corrected chi connectivity index (χ0v) is 18.8. The largest absolute Gasteiger partial charge is 0.481 e. The second kappa shape index (κ2) is 10.9. The number of phosphoric ester groups is 1. The normalized spacial score (nSPS) is 16.8. The monoisotopic (exact) mass is 410 g/mol. The minimum Gasteiger partial charge on any atom is -0.481 e. The van der Waals surface area contributed by atoms with Crippen LogP contribution in [0.25, 0.3) is 0 Å². The summed E-state index contributed by atoms with van der Waals surface area (Å²) in [5.41, 5.74) is -1.77. The highest BCUT2D eigenvalue weighted by molar-refractivity contribution is 7.46. The Balaban J connectivity index is 5.79. The minimum atomic E-state index is -4.65. The lowest BCUT2D eigenvalue weighted by Gasteiger charge is -2.44. The molecule has 0 saturated heterocycles. The zero-order chi connectivity index (χ0) is 21.5. The van der Waals surface area contributed by atoms with Crippen LogP contribution in [0.15, 0.2) is 0 Å². The molecule has 3 unspecified atom stereocenters. The van der Waals surface area contributed by atoms with E-state index >= 15 is 0 Å². The van der Waals surface area contributed by atoms with Crippen molar-refractivity contribution in [2.24, 2.45) is 10.8 Å². The van der Waals surface area contributed by atoms with Crippen LogP contribution in [-0.2, 0) is 18.6 Å². The quantitative estimate of drug-likeness (QED) is 0.354. The number of ether oxygens (including phenoxy) is 1. The van der Waals surface area contributed by atoms with Crippen molar-refractivity contribution in [1.82, 2.24) is 0 Å². The summed E-state index contributed by atoms with van der Waals surface area (Å²) < 4.78 is 22.9. The molecule has 0 aliphatic carbocycles. The van der Waals surface area contributed by atoms with E-state index in [4.69, 9.17) is 9.26 Å². The van der Waals surface area contributed by atoms with Crippen molar-refractivity contribution in [1.29, 1.82) is 0 Å². The van der Waals surface area contributed by atoms with Crippen molar-refractivity contribution in [3.63, 3.8) is 0 Å². The number of rotatable bonds is 14. The summed E-state index contributed by atoms with van der Waals surface area (Å²) in [6.07, 6.45) is 2.40. The van der Waals surface area contributed by atoms with E-state index in [0.29, 0.717) is 25.7 Å². The van der Waals surface area contributed by atoms with E-state index in [9.17, 15) is 24.3 Å². The van der Waals surface area contributed by atoms with Crippen molar-refractivity contribution >= 4 is 13.8 Å². The molecule has 0 aromatic rings. The second-order valence-electron chi connectivity index (χ2n) is 8.41. The highest BCUT2D eigenvalue weighted by Gasteiger charge is 2.45. The Kier molecular flexibility index (Phi) is 10.7. The molecule has 0 fully saturated rings. The summed E-state index contributed by atoms with van der Waals surface area (Å²) in [6.45, 7) is 13.0. The molecule has 0 aliphatic rings. The molecular formula is C19H39O7P. The van der Waals surface area contributed by atoms with E-state index < -0.39 is 36.8 Å². The Morgan fingerprint density at radius 2 is 1.30 bits per heavy atom. The van der Waals surface area contributed by atoms with Crippen LogP contribution in [0.5, 0.6) is 0 Å². The summed E-state index contributed by atoms with van der Waals surface area (Å²) in [4.78, 5) is 30.4. The van der Waals surface area contributed by atoms with E-state index in [-0.39, 0.29) is 6.10 Å². The van der Waals surface area contributed by atoms with Crippen molar-refractivity contribution in [3.8, 4) is 0 Å². The molecule has 0 spiro atoms. The van der Waals surface area contributed by atoms with Gasteiger partial charge in [-0.25, -0.2) is 4.57 Å². The lowest BCUT2D eigenvalue weighted by molar-refractivity contribution is -0.174. The molecule has 0 aromatic heterocycles. The van der Waals surface area contributed by atoms with Crippen LogP contribution in [-0.4, -0.2) is 39.2 Å². The Bertz CT molecular complexity index is 498. The molecule has 0 aromatic carbocycles. The summed E-state index contributed by atoms with van der Waals surface area (Å²) in [5.74, 6) is -0.925. The molecule has 8 heteroatoms. The fourth-order valence-electron chi connectivity index (χ4n) is 3.27. The lowest BCUT2D eigenvalue weighted by Crippen LogP contribution is -2.48. The molecule has 0 saturated carbocycles. The molecule has 0 radical (unpaired) electrons. The van der Waals surface area contributed by atoms with Gasteiger partial charge in [-0.15, -0.1) is 0 Å². The van der Waals surface area contributed by atoms with E-state index in [1.54, 1.807) is 13.8 Å². The average molecular weight is 410 g/mol. The van der Waals surface area contributed by atoms with Crippen LogP contribution < -0.4 is 0 Å². The number of carboxylic acid groups (broad SMARTS) is 1. The van der Waals surface area contributed by atoms with Crippen molar-refractivity contribution in [3.05, 3.63) is 0 Å². The maximum atomic E-state index is 11.7. The van der Waals surface area contributed by atoms with Gasteiger partial charge in [-0.1, -0.05) is 53.9 Å². The topological polar surface area (TPSA) is 113 Å². The van der Waals surface area contributed by atoms with Gasteiger partial charge in [0.25, 0.3) is 0 Å². The predicted molar refractivity (Wildman–Crippen MR) is 105 cm³/mol. The van der Waals surface area contributed by atoms with Gasteiger partial charge in [-0.3, -0.25) is 9.32 Å². The molecule has 0 bridgehead atoms. The Morgan fingerprint density at radius 1 is 0.889 bits per heavy atom. The molecule has 3 atom stereocenters. The SMILES string of the molecule is CCCC(OC(CCC)C(C)(C)C(CCC)OP(=O)(O)O)C(C)(C)C(=O)O. The van der Waals surface area contributed by atoms with Crippen molar-refractivity contribution in [2.45, 2.75) is 105 Å². The Labute approximate surface area is 164 Å². The third-order valence-corrected chi connectivity index (χ3v) is 5.79. The predicted octanol–water partition coefficient (Wildman–Crippen LogP) is 4.76. The van der Waals surface area contributed by atoms with Gasteiger partial charge in [-0.05, 0) is 33.1 Å². The summed E-state index contributed by atoms with van der Waals surface area (Å²) in [7, 11) is -4.65. The van der Waals surface area contributed by atoms with Crippen molar-refractivity contribution < 1.29 is 33.5 Å². The van der Waals surface area contributed by atoms with Gasteiger partial charge < -0.3 is 19.6 Å². The molecule has 0 amide bonds. The molecule has 162 valence electrons. The van der Waals surface area contributed by atoms with Gasteiger partial charge in [0.2, 0.25) is 0 Å². The maximum Gasteiger partial charge on any atom is 0.469 e. The second-order valence-corrected chi connectivity index (χ2v) is 9.60. The summed E-state index contributed by atoms with van der Waals surface area (Å²) >= 11 is 0. The van der Waals surface area contributed by atoms with Crippen LogP contribution >= 0.6 is 7.82 Å². The first kappa shape index (κ1) is 26.5. The minimum absolute atomic E-state index is 0.388. The lowest BCUT2D eigenvalue weighted by atomic mass is 9.76. The maximum absolute atomic E-state index is 11.7. The van der Waals surface area contributed by atoms with Crippen LogP contribution in [0.1, 0.15) is 87.0 Å². The van der Waals surface area contributed by atoms with Gasteiger partial charge >= 0.3 is 13.8 Å². The Hall–Kier alpha value is -0.460. The van der Waals surface area contributed by atoms with E-state index in [0.717, 1.165) is 12.8 Å². The molecular weight excluding hydrogens is 371 g/mol. The van der Waals surface area contributed by atoms with Gasteiger partial charge in [0.15, 0.2) is 0 Å². The smallest absolute Gasteiger partial charge is 0.469 e. The van der Waals surface area contributed by atoms with Gasteiger partial charge in [0.05, 0.1) is 23.7 Å². The van der Waals surface area contributed by atoms with Crippen LogP contribution in [0, 0.1) is 10.8 Å². The number of phosphoric acid groups is 1. The first-order valence-electron chi connectivity index (χ1n) is 9.86. The number of carboxylic acids is 1. The fraction of sp³-hybridized carbons (Fsp3) is 0.947. The van der Waals surface area contributed by atoms with Gasteiger partial charge in [0, 0.05) is 5.41 Å². The standard InChI is InChI=1S/C19H39O7P/c1-8-11-14(25-15(12-9-2)19(6,7)17(20)21)18(4,5)16(13-10-3)26-27(22,23)24/h14-16H,8-13H2,1-7H3,(H,20,21)(H2,22,23,24). The average Bonchev–Trinajstić information content (AvgIpc) is 2.51. The molecule has 0 aliphatic heterocycles. The van der Waals surface area contributed by atoms with E-state index in [1.165, 1.54) is 0 Å². The number of aliphatic carboxylic acids is 1. The first-order chi connectivity index (χ1) is 12.2. The highest BCUT2D eigenvalue weighted by Crippen LogP contribution is 2.46. The van der Waals surface area contributed by atoms with Crippen molar-refractivity contribution in [2.75, 3.05) is 0 Å². The summed E-state index contributed by atoms with van der Waals surface area (Å²) in [6, 6.07) is 0. The first-order valence-corrected chi connectivity index (χ1v) is 11.4. The van der Waals surface area contributed by atoms with E-state index in [1.807, 2.05) is 34.6 Å². The molecule has 27 heavy (non-hydrogen) atoms. The van der Waals surface area contributed by atoms with Gasteiger partial charge in [0.1, 0.15) is 0 Å². The summed E-state index contributed by atoms with van der Waals surface area (Å²) in [5, 5.41) is 9.62. The number of hydrogen-bond donors (Lipinski definition) is 3. The van der Waals surface area contributed by atoms with Crippen LogP contribution in [0.4, 0.5) is 0 Å². The fourth-order valence-corrected chi connectivity index (χ4v) is 3.98. The number of carbonyl (C=O) groups is 1. The number of hydrogen-bond acceptors (Lipinski definition) is 4. The molecule has 0 rings (SSSR count). The molecule has 0 heterocycles. The van der Waals surface area contributed by atoms with E-state index in [2.05, 4.69) is 0 Å². The van der Waals surface area contributed by atoms with Crippen LogP contribution in [0.3, 0.4) is 0 Å². The third-order valence-electron chi connectivity index (χ3n) is 5.26. The van der Waals surface area contributed by atoms with Gasteiger partial charge in [-0.2, -0.15) is 0 Å². The third kappa shape index (κ3) is 8.20. The molecule has 7 nitrogen and oxygen atoms in total. The Morgan fingerprint density at radius 3 is 1.67 bits per heavy atom. The van der Waals surface area contributed by atoms with Crippen LogP contribution in [0.2, 0.25) is 0 Å².